The van der Waals surface area contributed by atoms with Gasteiger partial charge in [0.25, 0.3) is 0 Å². The van der Waals surface area contributed by atoms with Crippen molar-refractivity contribution < 1.29 is 9.15 Å². The van der Waals surface area contributed by atoms with Crippen LogP contribution in [0.5, 0.6) is 11.5 Å². The summed E-state index contributed by atoms with van der Waals surface area (Å²) in [5.74, 6) is 1.72. The molecule has 0 saturated heterocycles. The average Bonchev–Trinajstić information content (AvgIpc) is 3.85. The van der Waals surface area contributed by atoms with Gasteiger partial charge in [0.15, 0.2) is 0 Å². The summed E-state index contributed by atoms with van der Waals surface area (Å²) in [6.07, 6.45) is 0. The molecule has 0 radical (unpaired) electrons. The molecule has 0 fully saturated rings. The average molecular weight is 807 g/mol. The zero-order valence-electron chi connectivity index (χ0n) is 34.2. The second-order valence-corrected chi connectivity index (χ2v) is 16.5. The van der Waals surface area contributed by atoms with Crippen LogP contribution in [0.2, 0.25) is 0 Å². The number of hydrogen-bond donors (Lipinski definition) is 0. The molecule has 13 rings (SSSR count). The quantitative estimate of drug-likeness (QED) is 0.167. The van der Waals surface area contributed by atoms with Crippen LogP contribution in [0, 0.1) is 0 Å². The molecular formula is C59H38N2O2. The Kier molecular flexibility index (Phi) is 7.79. The number of nitrogens with zero attached hydrogens (tertiary/aromatic N) is 2. The van der Waals surface area contributed by atoms with E-state index < -0.39 is 5.41 Å². The summed E-state index contributed by atoms with van der Waals surface area (Å²) < 4.78 is 13.4. The van der Waals surface area contributed by atoms with Gasteiger partial charge in [0.1, 0.15) is 22.7 Å². The molecule has 2 aliphatic rings. The van der Waals surface area contributed by atoms with E-state index in [1.165, 1.54) is 27.6 Å². The molecule has 1 aliphatic heterocycles. The highest BCUT2D eigenvalue weighted by Gasteiger charge is 2.51. The summed E-state index contributed by atoms with van der Waals surface area (Å²) in [6.45, 7) is 0. The minimum atomic E-state index is -0.607. The lowest BCUT2D eigenvalue weighted by molar-refractivity contribution is 0.436. The molecule has 1 aromatic heterocycles. The topological polar surface area (TPSA) is 28.9 Å². The first kappa shape index (κ1) is 35.4. The van der Waals surface area contributed by atoms with Gasteiger partial charge in [0.05, 0.1) is 5.41 Å². The molecule has 4 heteroatoms. The Hall–Kier alpha value is -8.34. The molecule has 1 aliphatic carbocycles. The Morgan fingerprint density at radius 2 is 0.794 bits per heavy atom. The van der Waals surface area contributed by atoms with Gasteiger partial charge >= 0.3 is 0 Å². The Balaban J connectivity index is 1.07. The smallest absolute Gasteiger partial charge is 0.136 e. The maximum absolute atomic E-state index is 6.88. The fourth-order valence-corrected chi connectivity index (χ4v) is 10.4. The first-order valence-electron chi connectivity index (χ1n) is 21.5. The normalized spacial score (nSPS) is 13.0. The molecule has 0 unspecified atom stereocenters. The lowest BCUT2D eigenvalue weighted by Gasteiger charge is -2.40. The molecule has 0 bridgehead atoms. The molecule has 0 atom stereocenters. The number of anilines is 6. The van der Waals surface area contributed by atoms with Crippen LogP contribution < -0.4 is 14.5 Å². The van der Waals surface area contributed by atoms with Crippen molar-refractivity contribution in [3.05, 3.63) is 253 Å². The minimum absolute atomic E-state index is 0.607. The van der Waals surface area contributed by atoms with Gasteiger partial charge in [-0.3, -0.25) is 0 Å². The minimum Gasteiger partial charge on any atom is -0.457 e. The number of furan rings is 1. The maximum atomic E-state index is 6.88. The van der Waals surface area contributed by atoms with E-state index in [1.807, 2.05) is 0 Å². The zero-order valence-corrected chi connectivity index (χ0v) is 34.2. The number of rotatable bonds is 6. The first-order chi connectivity index (χ1) is 31.2. The van der Waals surface area contributed by atoms with Crippen molar-refractivity contribution in [2.45, 2.75) is 5.41 Å². The summed E-state index contributed by atoms with van der Waals surface area (Å²) in [7, 11) is 0. The molecular weight excluding hydrogens is 769 g/mol. The molecule has 63 heavy (non-hydrogen) atoms. The highest BCUT2D eigenvalue weighted by Crippen LogP contribution is 2.62. The highest BCUT2D eigenvalue weighted by molar-refractivity contribution is 6.11. The van der Waals surface area contributed by atoms with E-state index in [-0.39, 0.29) is 0 Å². The van der Waals surface area contributed by atoms with Gasteiger partial charge in [0.2, 0.25) is 0 Å². The van der Waals surface area contributed by atoms with Crippen LogP contribution in [-0.4, -0.2) is 0 Å². The molecule has 2 heterocycles. The second-order valence-electron chi connectivity index (χ2n) is 16.5. The molecule has 11 aromatic rings. The van der Waals surface area contributed by atoms with E-state index in [0.717, 1.165) is 84.1 Å². The predicted molar refractivity (Wildman–Crippen MR) is 258 cm³/mol. The number of para-hydroxylation sites is 3. The Labute approximate surface area is 365 Å². The Bertz CT molecular complexity index is 3490. The SMILES string of the molecule is c1ccc(N(c2ccccc2)c2cccc(N(c3ccc4c(c3)C3(c5ccccc5O4)c4ccccc4-c4ccccc43)c3ccc4oc5cc6ccccc6cc5c4c3)c2)cc1. The second kappa shape index (κ2) is 13.8. The van der Waals surface area contributed by atoms with Gasteiger partial charge < -0.3 is 19.0 Å². The Morgan fingerprint density at radius 3 is 1.49 bits per heavy atom. The maximum Gasteiger partial charge on any atom is 0.136 e. The fourth-order valence-electron chi connectivity index (χ4n) is 10.4. The van der Waals surface area contributed by atoms with E-state index in [0.29, 0.717) is 0 Å². The summed E-state index contributed by atoms with van der Waals surface area (Å²) >= 11 is 0. The van der Waals surface area contributed by atoms with Crippen LogP contribution in [0.4, 0.5) is 34.1 Å². The molecule has 0 saturated carbocycles. The molecule has 0 amide bonds. The van der Waals surface area contributed by atoms with E-state index in [4.69, 9.17) is 9.15 Å². The third kappa shape index (κ3) is 5.35. The van der Waals surface area contributed by atoms with Crippen LogP contribution in [0.25, 0.3) is 43.8 Å². The van der Waals surface area contributed by atoms with Crippen LogP contribution in [0.1, 0.15) is 22.3 Å². The van der Waals surface area contributed by atoms with Crippen LogP contribution in [0.15, 0.2) is 235 Å². The summed E-state index contributed by atoms with van der Waals surface area (Å²) in [4.78, 5) is 4.71. The summed E-state index contributed by atoms with van der Waals surface area (Å²) in [6, 6.07) is 82.6. The van der Waals surface area contributed by atoms with Crippen LogP contribution >= 0.6 is 0 Å². The summed E-state index contributed by atoms with van der Waals surface area (Å²) in [5, 5.41) is 4.50. The van der Waals surface area contributed by atoms with Crippen molar-refractivity contribution in [1.29, 1.82) is 0 Å². The van der Waals surface area contributed by atoms with Gasteiger partial charge in [-0.2, -0.15) is 0 Å². The van der Waals surface area contributed by atoms with Gasteiger partial charge in [0, 0.05) is 56.0 Å². The van der Waals surface area contributed by atoms with Gasteiger partial charge in [-0.25, -0.2) is 0 Å². The lowest BCUT2D eigenvalue weighted by Crippen LogP contribution is -2.32. The van der Waals surface area contributed by atoms with Crippen molar-refractivity contribution in [2.75, 3.05) is 9.80 Å². The zero-order chi connectivity index (χ0) is 41.5. The van der Waals surface area contributed by atoms with Gasteiger partial charge in [-0.1, -0.05) is 133 Å². The largest absolute Gasteiger partial charge is 0.457 e. The van der Waals surface area contributed by atoms with E-state index in [1.54, 1.807) is 0 Å². The van der Waals surface area contributed by atoms with Crippen molar-refractivity contribution in [2.24, 2.45) is 0 Å². The van der Waals surface area contributed by atoms with E-state index >= 15 is 0 Å². The number of ether oxygens (including phenoxy) is 1. The number of fused-ring (bicyclic) bond motifs is 13. The third-order valence-electron chi connectivity index (χ3n) is 13.0. The number of benzene rings is 10. The van der Waals surface area contributed by atoms with Gasteiger partial charge in [-0.15, -0.1) is 0 Å². The van der Waals surface area contributed by atoms with E-state index in [9.17, 15) is 0 Å². The predicted octanol–water partition coefficient (Wildman–Crippen LogP) is 16.1. The standard InChI is InChI=1S/C59H38N2O2/c1-3-18-41(19-4-1)60(42-20-5-2-6-21-42)43-22-15-23-44(36-43)61(45-30-32-55-50(37-45)49-34-39-16-7-8-17-40(39)35-58(49)62-55)46-31-33-57-54(38-46)59(53-28-13-14-29-56(53)63-57)51-26-11-9-24-47(51)48-25-10-12-27-52(48)59/h1-38H. The van der Waals surface area contributed by atoms with Crippen LogP contribution in [0.3, 0.4) is 0 Å². The Morgan fingerprint density at radius 1 is 0.302 bits per heavy atom. The van der Waals surface area contributed by atoms with Crippen LogP contribution in [-0.2, 0) is 5.41 Å². The van der Waals surface area contributed by atoms with Crippen molar-refractivity contribution in [3.63, 3.8) is 0 Å². The molecule has 4 nitrogen and oxygen atoms in total. The third-order valence-corrected chi connectivity index (χ3v) is 13.0. The first-order valence-corrected chi connectivity index (χ1v) is 21.5. The monoisotopic (exact) mass is 806 g/mol. The molecule has 1 spiro atoms. The molecule has 0 N–H and O–H groups in total. The molecule has 10 aromatic carbocycles. The molecule has 296 valence electrons. The van der Waals surface area contributed by atoms with Crippen molar-refractivity contribution in [3.8, 4) is 22.6 Å². The highest BCUT2D eigenvalue weighted by atomic mass is 16.5. The number of hydrogen-bond acceptors (Lipinski definition) is 4. The summed E-state index contributed by atoms with van der Waals surface area (Å²) in [5.41, 5.74) is 14.6. The van der Waals surface area contributed by atoms with Crippen molar-refractivity contribution >= 4 is 66.8 Å². The van der Waals surface area contributed by atoms with Gasteiger partial charge in [-0.05, 0) is 130 Å². The lowest BCUT2D eigenvalue weighted by atomic mass is 9.66. The fraction of sp³-hybridized carbons (Fsp3) is 0.0169. The van der Waals surface area contributed by atoms with Crippen molar-refractivity contribution in [1.82, 2.24) is 0 Å². The van der Waals surface area contributed by atoms with E-state index in [2.05, 4.69) is 240 Å².